The fourth-order valence-corrected chi connectivity index (χ4v) is 4.30. The second-order valence-electron chi connectivity index (χ2n) is 6.94. The number of hydrogen-bond acceptors (Lipinski definition) is 5. The van der Waals surface area contributed by atoms with E-state index in [0.717, 1.165) is 22.4 Å². The minimum atomic E-state index is -3.75. The van der Waals surface area contributed by atoms with E-state index < -0.39 is 15.6 Å². The number of aryl methyl sites for hydroxylation is 2. The average molecular weight is 394 g/mol. The third kappa shape index (κ3) is 5.45. The zero-order valence-electron chi connectivity index (χ0n) is 16.4. The Hall–Kier alpha value is -2.09. The van der Waals surface area contributed by atoms with Crippen LogP contribution in [0.5, 0.6) is 11.5 Å². The Labute approximate surface area is 161 Å². The van der Waals surface area contributed by atoms with Crippen molar-refractivity contribution in [2.75, 3.05) is 20.8 Å². The number of ether oxygens (including phenoxy) is 2. The first-order valence-corrected chi connectivity index (χ1v) is 10.1. The summed E-state index contributed by atoms with van der Waals surface area (Å²) in [5.74, 6) is 1.39. The van der Waals surface area contributed by atoms with Crippen LogP contribution in [0.3, 0.4) is 0 Å². The van der Waals surface area contributed by atoms with Gasteiger partial charge >= 0.3 is 0 Å². The van der Waals surface area contributed by atoms with Crippen molar-refractivity contribution < 1.29 is 23.0 Å². The summed E-state index contributed by atoms with van der Waals surface area (Å²) in [7, 11) is -0.612. The molecule has 0 spiro atoms. The first-order valence-electron chi connectivity index (χ1n) is 8.58. The number of nitrogens with one attached hydrogen (secondary N) is 1. The van der Waals surface area contributed by atoms with Gasteiger partial charge in [-0.1, -0.05) is 12.1 Å². The lowest BCUT2D eigenvalue weighted by molar-refractivity contribution is 0.0657. The van der Waals surface area contributed by atoms with Crippen LogP contribution >= 0.6 is 0 Å². The molecule has 0 aliphatic heterocycles. The van der Waals surface area contributed by atoms with Gasteiger partial charge in [0, 0.05) is 13.0 Å². The molecule has 2 rings (SSSR count). The normalized spacial score (nSPS) is 13.9. The van der Waals surface area contributed by atoms with Crippen LogP contribution in [0.15, 0.2) is 41.3 Å². The Morgan fingerprint density at radius 3 is 2.07 bits per heavy atom. The molecule has 148 valence electrons. The fraction of sp³-hybridized carbons (Fsp3) is 0.400. The number of methoxy groups -OCH3 is 2. The predicted molar refractivity (Wildman–Crippen MR) is 105 cm³/mol. The molecule has 0 saturated carbocycles. The maximum Gasteiger partial charge on any atom is 0.240 e. The van der Waals surface area contributed by atoms with Gasteiger partial charge in [-0.2, -0.15) is 0 Å². The van der Waals surface area contributed by atoms with Crippen LogP contribution in [0.1, 0.15) is 23.6 Å². The van der Waals surface area contributed by atoms with Gasteiger partial charge in [-0.3, -0.25) is 0 Å². The van der Waals surface area contributed by atoms with E-state index in [0.29, 0.717) is 12.2 Å². The molecule has 0 heterocycles. The molecule has 7 heteroatoms. The van der Waals surface area contributed by atoms with Gasteiger partial charge < -0.3 is 14.6 Å². The molecule has 0 saturated heterocycles. The van der Waals surface area contributed by atoms with Gasteiger partial charge in [0.05, 0.1) is 24.7 Å². The summed E-state index contributed by atoms with van der Waals surface area (Å²) in [6.45, 7) is 5.09. The highest BCUT2D eigenvalue weighted by Crippen LogP contribution is 2.26. The number of benzene rings is 2. The minimum Gasteiger partial charge on any atom is -0.497 e. The summed E-state index contributed by atoms with van der Waals surface area (Å²) in [5, 5.41) is 10.6. The maximum atomic E-state index is 12.6. The number of hydrogen-bond donors (Lipinski definition) is 2. The lowest BCUT2D eigenvalue weighted by atomic mass is 9.97. The van der Waals surface area contributed by atoms with E-state index in [9.17, 15) is 13.5 Å². The fourth-order valence-electron chi connectivity index (χ4n) is 2.97. The highest BCUT2D eigenvalue weighted by Gasteiger charge is 2.25. The lowest BCUT2D eigenvalue weighted by Gasteiger charge is -2.24. The van der Waals surface area contributed by atoms with E-state index in [2.05, 4.69) is 4.72 Å². The molecule has 0 amide bonds. The van der Waals surface area contributed by atoms with Gasteiger partial charge in [0.1, 0.15) is 11.5 Å². The highest BCUT2D eigenvalue weighted by molar-refractivity contribution is 7.89. The molecular formula is C20H27NO5S. The second kappa shape index (κ2) is 8.29. The van der Waals surface area contributed by atoms with E-state index in [1.807, 2.05) is 12.1 Å². The first-order chi connectivity index (χ1) is 12.6. The molecule has 0 aliphatic carbocycles. The molecule has 1 unspecified atom stereocenters. The van der Waals surface area contributed by atoms with Crippen LogP contribution in [-0.2, 0) is 16.4 Å². The van der Waals surface area contributed by atoms with Crippen molar-refractivity contribution in [3.05, 3.63) is 53.1 Å². The zero-order valence-corrected chi connectivity index (χ0v) is 17.2. The largest absolute Gasteiger partial charge is 0.497 e. The van der Waals surface area contributed by atoms with Crippen molar-refractivity contribution in [3.63, 3.8) is 0 Å². The monoisotopic (exact) mass is 393 g/mol. The van der Waals surface area contributed by atoms with Crippen LogP contribution in [-0.4, -0.2) is 39.9 Å². The molecule has 0 radical (unpaired) electrons. The van der Waals surface area contributed by atoms with Crippen molar-refractivity contribution in [1.82, 2.24) is 4.72 Å². The Balaban J connectivity index is 2.10. The molecule has 0 aliphatic rings. The van der Waals surface area contributed by atoms with Crippen LogP contribution in [0.25, 0.3) is 0 Å². The summed E-state index contributed by atoms with van der Waals surface area (Å²) in [4.78, 5) is 0.151. The standard InChI is InChI=1S/C20H27NO5S/c1-14-10-18(11-15(2)19(14)26-5)27(23,24)21-13-20(3,22)12-16-6-8-17(25-4)9-7-16/h6-11,21-22H,12-13H2,1-5H3. The van der Waals surface area contributed by atoms with Crippen molar-refractivity contribution >= 4 is 10.0 Å². The summed E-state index contributed by atoms with van der Waals surface area (Å²) in [5.41, 5.74) is 1.12. The molecule has 27 heavy (non-hydrogen) atoms. The van der Waals surface area contributed by atoms with E-state index in [4.69, 9.17) is 9.47 Å². The van der Waals surface area contributed by atoms with Gasteiger partial charge in [0.25, 0.3) is 0 Å². The highest BCUT2D eigenvalue weighted by atomic mass is 32.2. The number of rotatable bonds is 8. The summed E-state index contributed by atoms with van der Waals surface area (Å²) in [6.07, 6.45) is 0.306. The van der Waals surface area contributed by atoms with Crippen molar-refractivity contribution in [3.8, 4) is 11.5 Å². The zero-order chi connectivity index (χ0) is 20.2. The quantitative estimate of drug-likeness (QED) is 0.720. The van der Waals surface area contributed by atoms with Crippen LogP contribution in [0.4, 0.5) is 0 Å². The molecule has 6 nitrogen and oxygen atoms in total. The molecule has 2 N–H and O–H groups in total. The summed E-state index contributed by atoms with van der Waals surface area (Å²) in [6, 6.07) is 10.4. The first kappa shape index (κ1) is 21.2. The van der Waals surface area contributed by atoms with Crippen LogP contribution in [0, 0.1) is 13.8 Å². The molecule has 2 aromatic rings. The van der Waals surface area contributed by atoms with E-state index in [1.165, 1.54) is 0 Å². The number of aliphatic hydroxyl groups is 1. The Bertz CT molecular complexity index is 866. The van der Waals surface area contributed by atoms with Crippen LogP contribution in [0.2, 0.25) is 0 Å². The van der Waals surface area contributed by atoms with Gasteiger partial charge in [0.2, 0.25) is 10.0 Å². The van der Waals surface area contributed by atoms with Gasteiger partial charge in [-0.25, -0.2) is 13.1 Å². The molecule has 1 atom stereocenters. The second-order valence-corrected chi connectivity index (χ2v) is 8.70. The molecular weight excluding hydrogens is 366 g/mol. The van der Waals surface area contributed by atoms with Gasteiger partial charge in [-0.15, -0.1) is 0 Å². The smallest absolute Gasteiger partial charge is 0.240 e. The van der Waals surface area contributed by atoms with Crippen molar-refractivity contribution in [1.29, 1.82) is 0 Å². The molecule has 0 bridgehead atoms. The Kier molecular flexibility index (Phi) is 6.51. The van der Waals surface area contributed by atoms with Gasteiger partial charge in [-0.05, 0) is 61.7 Å². The molecule has 0 aromatic heterocycles. The Morgan fingerprint density at radius 1 is 1.04 bits per heavy atom. The van der Waals surface area contributed by atoms with Crippen molar-refractivity contribution in [2.45, 2.75) is 37.7 Å². The SMILES string of the molecule is COc1ccc(CC(C)(O)CNS(=O)(=O)c2cc(C)c(OC)c(C)c2)cc1. The van der Waals surface area contributed by atoms with E-state index in [1.54, 1.807) is 59.3 Å². The van der Waals surface area contributed by atoms with Crippen LogP contribution < -0.4 is 14.2 Å². The van der Waals surface area contributed by atoms with Crippen molar-refractivity contribution in [2.24, 2.45) is 0 Å². The third-order valence-electron chi connectivity index (χ3n) is 4.34. The molecule has 2 aromatic carbocycles. The third-order valence-corrected chi connectivity index (χ3v) is 5.72. The van der Waals surface area contributed by atoms with Gasteiger partial charge in [0.15, 0.2) is 0 Å². The number of sulfonamides is 1. The average Bonchev–Trinajstić information content (AvgIpc) is 2.60. The minimum absolute atomic E-state index is 0.106. The Morgan fingerprint density at radius 2 is 1.59 bits per heavy atom. The molecule has 0 fully saturated rings. The topological polar surface area (TPSA) is 84.9 Å². The summed E-state index contributed by atoms with van der Waals surface area (Å²) < 4.78 is 38.2. The lowest BCUT2D eigenvalue weighted by Crippen LogP contribution is -2.42. The maximum absolute atomic E-state index is 12.6. The predicted octanol–water partition coefficient (Wildman–Crippen LogP) is 2.59. The van der Waals surface area contributed by atoms with E-state index in [-0.39, 0.29) is 11.4 Å². The summed E-state index contributed by atoms with van der Waals surface area (Å²) >= 11 is 0. The van der Waals surface area contributed by atoms with E-state index >= 15 is 0 Å².